The second kappa shape index (κ2) is 5.84. The number of thioether (sulfide) groups is 1. The molecular weight excluding hydrogens is 254 g/mol. The number of aromatic nitrogens is 1. The largest absolute Gasteiger partial charge is 0.293 e. The Balaban J connectivity index is 2.00. The first kappa shape index (κ1) is 12.1. The highest BCUT2D eigenvalue weighted by molar-refractivity contribution is 8.00. The van der Waals surface area contributed by atoms with Crippen LogP contribution in [0.3, 0.4) is 0 Å². The number of rotatable bonds is 4. The fraction of sp³-hybridized carbons (Fsp3) is 0.0769. The molecule has 0 fully saturated rings. The minimum atomic E-state index is 0.0809. The van der Waals surface area contributed by atoms with Crippen LogP contribution >= 0.6 is 23.4 Å². The van der Waals surface area contributed by atoms with Crippen molar-refractivity contribution in [1.82, 2.24) is 4.98 Å². The van der Waals surface area contributed by atoms with Crippen molar-refractivity contribution in [3.63, 3.8) is 0 Å². The van der Waals surface area contributed by atoms with Gasteiger partial charge in [0.1, 0.15) is 5.03 Å². The number of pyridine rings is 1. The average Bonchev–Trinajstić information content (AvgIpc) is 2.38. The molecule has 0 aliphatic heterocycles. The molecule has 0 N–H and O–H groups in total. The van der Waals surface area contributed by atoms with Crippen LogP contribution in [0.5, 0.6) is 0 Å². The second-order valence-corrected chi connectivity index (χ2v) is 4.74. The molecule has 4 heteroatoms. The van der Waals surface area contributed by atoms with Gasteiger partial charge in [0.15, 0.2) is 5.78 Å². The van der Waals surface area contributed by atoms with E-state index in [4.69, 9.17) is 11.6 Å². The van der Waals surface area contributed by atoms with Crippen molar-refractivity contribution in [2.45, 2.75) is 5.03 Å². The van der Waals surface area contributed by atoms with Crippen LogP contribution in [0, 0.1) is 0 Å². The molecule has 0 aliphatic carbocycles. The smallest absolute Gasteiger partial charge is 0.173 e. The Labute approximate surface area is 109 Å². The Hall–Kier alpha value is -1.32. The molecule has 17 heavy (non-hydrogen) atoms. The first-order valence-corrected chi connectivity index (χ1v) is 6.45. The first-order valence-electron chi connectivity index (χ1n) is 5.09. The van der Waals surface area contributed by atoms with E-state index in [-0.39, 0.29) is 5.78 Å². The van der Waals surface area contributed by atoms with Crippen LogP contribution in [0.1, 0.15) is 10.4 Å². The van der Waals surface area contributed by atoms with Crippen molar-refractivity contribution >= 4 is 29.1 Å². The summed E-state index contributed by atoms with van der Waals surface area (Å²) in [6.07, 6.45) is 1.67. The molecule has 0 saturated carbocycles. The maximum absolute atomic E-state index is 11.8. The molecule has 1 aromatic heterocycles. The van der Waals surface area contributed by atoms with Gasteiger partial charge in [-0.1, -0.05) is 53.7 Å². The Morgan fingerprint density at radius 1 is 1.18 bits per heavy atom. The molecule has 2 aromatic rings. The normalized spacial score (nSPS) is 10.2. The van der Waals surface area contributed by atoms with Gasteiger partial charge in [-0.25, -0.2) is 4.98 Å². The summed E-state index contributed by atoms with van der Waals surface area (Å²) >= 11 is 7.32. The lowest BCUT2D eigenvalue weighted by Gasteiger charge is -2.02. The lowest BCUT2D eigenvalue weighted by Crippen LogP contribution is -2.02. The van der Waals surface area contributed by atoms with E-state index in [1.165, 1.54) is 11.8 Å². The number of halogens is 1. The van der Waals surface area contributed by atoms with Gasteiger partial charge in [0.05, 0.1) is 10.8 Å². The van der Waals surface area contributed by atoms with Crippen molar-refractivity contribution in [3.8, 4) is 0 Å². The van der Waals surface area contributed by atoms with Gasteiger partial charge in [-0.2, -0.15) is 0 Å². The third kappa shape index (κ3) is 3.32. The van der Waals surface area contributed by atoms with E-state index in [1.807, 2.05) is 30.3 Å². The third-order valence-corrected chi connectivity index (χ3v) is 3.58. The van der Waals surface area contributed by atoms with Gasteiger partial charge < -0.3 is 0 Å². The van der Waals surface area contributed by atoms with Crippen LogP contribution < -0.4 is 0 Å². The van der Waals surface area contributed by atoms with Gasteiger partial charge in [0.25, 0.3) is 0 Å². The van der Waals surface area contributed by atoms with E-state index in [0.717, 1.165) is 0 Å². The molecule has 0 spiro atoms. The van der Waals surface area contributed by atoms with Crippen LogP contribution in [0.15, 0.2) is 53.7 Å². The molecule has 1 aromatic carbocycles. The van der Waals surface area contributed by atoms with Crippen molar-refractivity contribution in [3.05, 3.63) is 59.2 Å². The van der Waals surface area contributed by atoms with Crippen molar-refractivity contribution < 1.29 is 4.79 Å². The highest BCUT2D eigenvalue weighted by Crippen LogP contribution is 2.24. The molecule has 86 valence electrons. The van der Waals surface area contributed by atoms with Gasteiger partial charge in [-0.05, 0) is 12.1 Å². The Morgan fingerprint density at radius 2 is 1.94 bits per heavy atom. The predicted molar refractivity (Wildman–Crippen MR) is 70.7 cm³/mol. The quantitative estimate of drug-likeness (QED) is 0.622. The lowest BCUT2D eigenvalue weighted by atomic mass is 10.2. The number of carbonyl (C=O) groups is 1. The zero-order valence-corrected chi connectivity index (χ0v) is 10.5. The average molecular weight is 264 g/mol. The minimum Gasteiger partial charge on any atom is -0.293 e. The number of nitrogens with zero attached hydrogens (tertiary/aromatic N) is 1. The van der Waals surface area contributed by atoms with Crippen LogP contribution in [-0.2, 0) is 0 Å². The van der Waals surface area contributed by atoms with E-state index >= 15 is 0 Å². The third-order valence-electron chi connectivity index (χ3n) is 2.16. The first-order chi connectivity index (χ1) is 8.27. The maximum Gasteiger partial charge on any atom is 0.173 e. The number of Topliss-reactive ketones (excluding diaryl/α,β-unsaturated/α-hetero) is 1. The molecule has 0 atom stereocenters. The van der Waals surface area contributed by atoms with Crippen LogP contribution in [0.4, 0.5) is 0 Å². The standard InChI is InChI=1S/C13H10ClNOS/c14-11-7-4-8-15-13(11)17-9-12(16)10-5-2-1-3-6-10/h1-8H,9H2. The summed E-state index contributed by atoms with van der Waals surface area (Å²) in [5.41, 5.74) is 0.715. The highest BCUT2D eigenvalue weighted by atomic mass is 35.5. The summed E-state index contributed by atoms with van der Waals surface area (Å²) in [6, 6.07) is 12.7. The molecule has 0 amide bonds. The van der Waals surface area contributed by atoms with Crippen molar-refractivity contribution in [2.24, 2.45) is 0 Å². The second-order valence-electron chi connectivity index (χ2n) is 3.37. The molecule has 0 bridgehead atoms. The summed E-state index contributed by atoms with van der Waals surface area (Å²) in [5, 5.41) is 1.27. The molecular formula is C13H10ClNOS. The summed E-state index contributed by atoms with van der Waals surface area (Å²) in [4.78, 5) is 16.0. The molecule has 0 aliphatic rings. The topological polar surface area (TPSA) is 30.0 Å². The molecule has 0 radical (unpaired) electrons. The SMILES string of the molecule is O=C(CSc1ncccc1Cl)c1ccccc1. The van der Waals surface area contributed by atoms with E-state index in [9.17, 15) is 4.79 Å². The van der Waals surface area contributed by atoms with Crippen molar-refractivity contribution in [2.75, 3.05) is 5.75 Å². The van der Waals surface area contributed by atoms with E-state index in [0.29, 0.717) is 21.4 Å². The number of carbonyl (C=O) groups excluding carboxylic acids is 1. The van der Waals surface area contributed by atoms with Gasteiger partial charge in [0.2, 0.25) is 0 Å². The summed E-state index contributed by atoms with van der Waals surface area (Å²) in [5.74, 6) is 0.429. The zero-order chi connectivity index (χ0) is 12.1. The summed E-state index contributed by atoms with van der Waals surface area (Å²) < 4.78 is 0. The fourth-order valence-electron chi connectivity index (χ4n) is 1.32. The molecule has 2 rings (SSSR count). The Bertz CT molecular complexity index is 516. The monoisotopic (exact) mass is 263 g/mol. The van der Waals surface area contributed by atoms with Crippen LogP contribution in [0.25, 0.3) is 0 Å². The Morgan fingerprint density at radius 3 is 2.65 bits per heavy atom. The lowest BCUT2D eigenvalue weighted by molar-refractivity contribution is 0.102. The van der Waals surface area contributed by atoms with Crippen molar-refractivity contribution in [1.29, 1.82) is 0 Å². The molecule has 0 unspecified atom stereocenters. The zero-order valence-electron chi connectivity index (χ0n) is 8.97. The van der Waals surface area contributed by atoms with E-state index < -0.39 is 0 Å². The van der Waals surface area contributed by atoms with Gasteiger partial charge >= 0.3 is 0 Å². The molecule has 2 nitrogen and oxygen atoms in total. The molecule has 1 heterocycles. The predicted octanol–water partition coefficient (Wildman–Crippen LogP) is 3.71. The minimum absolute atomic E-state index is 0.0809. The fourth-order valence-corrected chi connectivity index (χ4v) is 2.38. The number of hydrogen-bond acceptors (Lipinski definition) is 3. The van der Waals surface area contributed by atoms with Gasteiger partial charge in [0, 0.05) is 11.8 Å². The maximum atomic E-state index is 11.8. The van der Waals surface area contributed by atoms with Gasteiger partial charge in [-0.15, -0.1) is 0 Å². The number of hydrogen-bond donors (Lipinski definition) is 0. The van der Waals surface area contributed by atoms with Gasteiger partial charge in [-0.3, -0.25) is 4.79 Å². The van der Waals surface area contributed by atoms with E-state index in [1.54, 1.807) is 18.3 Å². The summed E-state index contributed by atoms with van der Waals surface area (Å²) in [7, 11) is 0. The number of ketones is 1. The van der Waals surface area contributed by atoms with E-state index in [2.05, 4.69) is 4.98 Å². The summed E-state index contributed by atoms with van der Waals surface area (Å²) in [6.45, 7) is 0. The number of benzene rings is 1. The highest BCUT2D eigenvalue weighted by Gasteiger charge is 2.08. The van der Waals surface area contributed by atoms with Crippen LogP contribution in [0.2, 0.25) is 5.02 Å². The molecule has 0 saturated heterocycles. The Kier molecular flexibility index (Phi) is 4.18. The van der Waals surface area contributed by atoms with Crippen LogP contribution in [-0.4, -0.2) is 16.5 Å².